The van der Waals surface area contributed by atoms with Crippen LogP contribution in [0.1, 0.15) is 13.3 Å². The molecule has 0 amide bonds. The molecule has 2 aromatic rings. The Hall–Kier alpha value is -1.63. The normalized spacial score (nSPS) is 7.94. The molecule has 0 atom stereocenters. The van der Waals surface area contributed by atoms with Gasteiger partial charge in [-0.2, -0.15) is 0 Å². The Bertz CT molecular complexity index is 355. The van der Waals surface area contributed by atoms with E-state index >= 15 is 0 Å². The second-order valence-electron chi connectivity index (χ2n) is 3.20. The average molecular weight is 319 g/mol. The Morgan fingerprint density at radius 3 is 1.50 bits per heavy atom. The number of carboxylic acid groups (broad SMARTS) is 1. The van der Waals surface area contributed by atoms with Gasteiger partial charge in [0.05, 0.1) is 12.7 Å². The van der Waals surface area contributed by atoms with Gasteiger partial charge in [0.15, 0.2) is 0 Å². The van der Waals surface area contributed by atoms with Gasteiger partial charge in [-0.1, -0.05) is 6.92 Å². The predicted molar refractivity (Wildman–Crippen MR) is 74.7 cm³/mol. The highest BCUT2D eigenvalue weighted by molar-refractivity contribution is 8.93. The van der Waals surface area contributed by atoms with Crippen LogP contribution in [0.4, 0.5) is 0 Å². The third-order valence-electron chi connectivity index (χ3n) is 1.58. The molecular formula is C11H19BrN4O2. The quantitative estimate of drug-likeness (QED) is 0.871. The number of rotatable bonds is 1. The molecule has 102 valence electrons. The van der Waals surface area contributed by atoms with Gasteiger partial charge in [0.1, 0.15) is 0 Å². The van der Waals surface area contributed by atoms with E-state index in [9.17, 15) is 4.79 Å². The number of aliphatic carboxylic acids is 1. The molecule has 2 rings (SSSR count). The summed E-state index contributed by atoms with van der Waals surface area (Å²) in [7, 11) is 3.88. The minimum absolute atomic E-state index is 0. The lowest BCUT2D eigenvalue weighted by atomic mass is 10.5. The SMILES string of the molecule is Br.CCC(=O)O.Cn1ccnc1.Cn1ccnc1. The lowest BCUT2D eigenvalue weighted by Crippen LogP contribution is -1.86. The van der Waals surface area contributed by atoms with Gasteiger partial charge in [-0.3, -0.25) is 4.79 Å². The first-order valence-electron chi connectivity index (χ1n) is 5.12. The Labute approximate surface area is 117 Å². The summed E-state index contributed by atoms with van der Waals surface area (Å²) in [6, 6.07) is 0. The van der Waals surface area contributed by atoms with Crippen LogP contribution in [0.3, 0.4) is 0 Å². The maximum Gasteiger partial charge on any atom is 0.303 e. The van der Waals surface area contributed by atoms with Gasteiger partial charge in [-0.05, 0) is 0 Å². The van der Waals surface area contributed by atoms with E-state index in [0.29, 0.717) is 0 Å². The summed E-state index contributed by atoms with van der Waals surface area (Å²) >= 11 is 0. The van der Waals surface area contributed by atoms with Crippen LogP contribution in [0, 0.1) is 0 Å². The van der Waals surface area contributed by atoms with E-state index in [-0.39, 0.29) is 23.4 Å². The van der Waals surface area contributed by atoms with Crippen molar-refractivity contribution in [2.45, 2.75) is 13.3 Å². The number of aryl methyl sites for hydroxylation is 2. The molecule has 0 saturated heterocycles. The van der Waals surface area contributed by atoms with E-state index in [1.54, 1.807) is 32.0 Å². The summed E-state index contributed by atoms with van der Waals surface area (Å²) in [5, 5.41) is 7.72. The van der Waals surface area contributed by atoms with Crippen LogP contribution in [0.2, 0.25) is 0 Å². The number of imidazole rings is 2. The molecule has 7 heteroatoms. The molecule has 2 heterocycles. The Morgan fingerprint density at radius 2 is 1.44 bits per heavy atom. The highest BCUT2D eigenvalue weighted by Crippen LogP contribution is 1.74. The first-order chi connectivity index (χ1) is 8.06. The van der Waals surface area contributed by atoms with E-state index in [1.165, 1.54) is 0 Å². The van der Waals surface area contributed by atoms with E-state index in [4.69, 9.17) is 5.11 Å². The van der Waals surface area contributed by atoms with Crippen LogP contribution >= 0.6 is 17.0 Å². The molecule has 1 N–H and O–H groups in total. The number of nitrogens with zero attached hydrogens (tertiary/aromatic N) is 4. The second-order valence-corrected chi connectivity index (χ2v) is 3.20. The van der Waals surface area contributed by atoms with Crippen molar-refractivity contribution in [3.63, 3.8) is 0 Å². The Morgan fingerprint density at radius 1 is 1.11 bits per heavy atom. The fourth-order valence-corrected chi connectivity index (χ4v) is 0.652. The lowest BCUT2D eigenvalue weighted by molar-refractivity contribution is -0.136. The van der Waals surface area contributed by atoms with E-state index in [2.05, 4.69) is 9.97 Å². The van der Waals surface area contributed by atoms with Gasteiger partial charge in [0.2, 0.25) is 0 Å². The first kappa shape index (κ1) is 18.7. The zero-order chi connectivity index (χ0) is 13.1. The zero-order valence-corrected chi connectivity index (χ0v) is 12.4. The third-order valence-corrected chi connectivity index (χ3v) is 1.58. The summed E-state index contributed by atoms with van der Waals surface area (Å²) in [5.74, 6) is -0.745. The summed E-state index contributed by atoms with van der Waals surface area (Å²) in [6.07, 6.45) is 11.0. The molecule has 0 aliphatic carbocycles. The second kappa shape index (κ2) is 11.8. The van der Waals surface area contributed by atoms with Crippen molar-refractivity contribution < 1.29 is 9.90 Å². The number of hydrogen-bond acceptors (Lipinski definition) is 3. The van der Waals surface area contributed by atoms with Gasteiger partial charge in [-0.25, -0.2) is 9.97 Å². The maximum atomic E-state index is 9.37. The van der Waals surface area contributed by atoms with Gasteiger partial charge in [0.25, 0.3) is 0 Å². The number of halogens is 1. The maximum absolute atomic E-state index is 9.37. The predicted octanol–water partition coefficient (Wildman–Crippen LogP) is 1.90. The van der Waals surface area contributed by atoms with Crippen LogP contribution in [0.5, 0.6) is 0 Å². The van der Waals surface area contributed by atoms with Crippen molar-refractivity contribution in [3.05, 3.63) is 37.4 Å². The van der Waals surface area contributed by atoms with Crippen molar-refractivity contribution in [3.8, 4) is 0 Å². The monoisotopic (exact) mass is 318 g/mol. The van der Waals surface area contributed by atoms with Crippen LogP contribution in [0.15, 0.2) is 37.4 Å². The standard InChI is InChI=1S/2C4H6N2.C3H6O2.BrH/c2*1-6-3-2-5-4-6;1-2-3(4)5;/h2*2-4H,1H3;2H2,1H3,(H,4,5);1H. The van der Waals surface area contributed by atoms with Gasteiger partial charge < -0.3 is 14.2 Å². The minimum atomic E-state index is -0.745. The number of hydrogen-bond donors (Lipinski definition) is 1. The topological polar surface area (TPSA) is 72.9 Å². The first-order valence-corrected chi connectivity index (χ1v) is 5.12. The Kier molecular flexibility index (Phi) is 12.3. The Balaban J connectivity index is 0. The van der Waals surface area contributed by atoms with Gasteiger partial charge >= 0.3 is 5.97 Å². The zero-order valence-electron chi connectivity index (χ0n) is 10.7. The van der Waals surface area contributed by atoms with Crippen molar-refractivity contribution in [2.75, 3.05) is 0 Å². The highest BCUT2D eigenvalue weighted by atomic mass is 79.9. The fraction of sp³-hybridized carbons (Fsp3) is 0.364. The third kappa shape index (κ3) is 12.4. The molecule has 0 bridgehead atoms. The van der Waals surface area contributed by atoms with Crippen LogP contribution < -0.4 is 0 Å². The molecular weight excluding hydrogens is 300 g/mol. The molecule has 2 aromatic heterocycles. The van der Waals surface area contributed by atoms with E-state index < -0.39 is 5.97 Å². The lowest BCUT2D eigenvalue weighted by Gasteiger charge is -1.76. The molecule has 0 radical (unpaired) electrons. The van der Waals surface area contributed by atoms with Crippen LogP contribution in [0.25, 0.3) is 0 Å². The number of carboxylic acids is 1. The average Bonchev–Trinajstić information content (AvgIpc) is 2.93. The smallest absolute Gasteiger partial charge is 0.303 e. The summed E-state index contributed by atoms with van der Waals surface area (Å²) in [6.45, 7) is 1.60. The van der Waals surface area contributed by atoms with Crippen molar-refractivity contribution >= 4 is 23.0 Å². The summed E-state index contributed by atoms with van der Waals surface area (Å²) in [5.41, 5.74) is 0. The largest absolute Gasteiger partial charge is 0.481 e. The minimum Gasteiger partial charge on any atom is -0.481 e. The molecule has 0 aliphatic rings. The molecule has 0 saturated carbocycles. The van der Waals surface area contributed by atoms with Gasteiger partial charge in [-0.15, -0.1) is 17.0 Å². The number of aromatic nitrogens is 4. The van der Waals surface area contributed by atoms with Crippen LogP contribution in [-0.4, -0.2) is 30.2 Å². The molecule has 0 aromatic carbocycles. The molecule has 6 nitrogen and oxygen atoms in total. The molecule has 0 fully saturated rings. The van der Waals surface area contributed by atoms with Crippen molar-refractivity contribution in [1.29, 1.82) is 0 Å². The molecule has 0 aliphatic heterocycles. The molecule has 0 unspecified atom stereocenters. The summed E-state index contributed by atoms with van der Waals surface area (Å²) in [4.78, 5) is 16.9. The summed E-state index contributed by atoms with van der Waals surface area (Å²) < 4.78 is 3.78. The van der Waals surface area contributed by atoms with Gasteiger partial charge in [0, 0.05) is 45.3 Å². The van der Waals surface area contributed by atoms with Crippen LogP contribution in [-0.2, 0) is 18.9 Å². The van der Waals surface area contributed by atoms with E-state index in [1.807, 2.05) is 35.6 Å². The van der Waals surface area contributed by atoms with Crippen molar-refractivity contribution in [2.24, 2.45) is 14.1 Å². The van der Waals surface area contributed by atoms with E-state index in [0.717, 1.165) is 0 Å². The molecule has 0 spiro atoms. The molecule has 18 heavy (non-hydrogen) atoms. The fourth-order valence-electron chi connectivity index (χ4n) is 0.652. The highest BCUT2D eigenvalue weighted by Gasteiger charge is 1.80. The van der Waals surface area contributed by atoms with Crippen molar-refractivity contribution in [1.82, 2.24) is 19.1 Å². The number of carbonyl (C=O) groups is 1.